The van der Waals surface area contributed by atoms with Crippen LogP contribution in [-0.4, -0.2) is 61.8 Å². The van der Waals surface area contributed by atoms with Gasteiger partial charge < -0.3 is 5.11 Å². The molecule has 0 aliphatic carbocycles. The average Bonchev–Trinajstić information content (AvgIpc) is 2.08. The van der Waals surface area contributed by atoms with Crippen LogP contribution in [0.3, 0.4) is 0 Å². The van der Waals surface area contributed by atoms with Gasteiger partial charge in [-0.1, -0.05) is 0 Å². The lowest BCUT2D eigenvalue weighted by molar-refractivity contribution is 0.0735. The normalized spacial score (nSPS) is 27.1. The predicted molar refractivity (Wildman–Crippen MR) is 51.7 cm³/mol. The van der Waals surface area contributed by atoms with Crippen LogP contribution in [-0.2, 0) is 9.84 Å². The number of halogens is 1. The van der Waals surface area contributed by atoms with Crippen molar-refractivity contribution < 1.29 is 17.9 Å². The van der Waals surface area contributed by atoms with Crippen molar-refractivity contribution in [3.05, 3.63) is 0 Å². The fourth-order valence-electron chi connectivity index (χ4n) is 1.61. The van der Waals surface area contributed by atoms with Crippen LogP contribution in [0.2, 0.25) is 0 Å². The Bertz CT molecular complexity index is 264. The molecule has 1 aliphatic heterocycles. The van der Waals surface area contributed by atoms with E-state index in [0.717, 1.165) is 0 Å². The summed E-state index contributed by atoms with van der Waals surface area (Å²) >= 11 is 0. The molecule has 0 saturated carbocycles. The van der Waals surface area contributed by atoms with Gasteiger partial charge in [0.2, 0.25) is 0 Å². The molecule has 14 heavy (non-hydrogen) atoms. The first kappa shape index (κ1) is 11.9. The van der Waals surface area contributed by atoms with Gasteiger partial charge in [-0.2, -0.15) is 0 Å². The standard InChI is InChI=1S/C8H16FNO3S/c1-7(9)8(6-11)10-2-4-14(12,13)5-3-10/h7-8,11H,2-6H2,1H3. The smallest absolute Gasteiger partial charge is 0.152 e. The number of nitrogens with zero attached hydrogens (tertiary/aromatic N) is 1. The maximum Gasteiger partial charge on any atom is 0.152 e. The molecule has 2 unspecified atom stereocenters. The molecule has 1 fully saturated rings. The summed E-state index contributed by atoms with van der Waals surface area (Å²) in [6.07, 6.45) is -1.14. The number of alkyl halides is 1. The molecule has 84 valence electrons. The van der Waals surface area contributed by atoms with Crippen LogP contribution in [0.25, 0.3) is 0 Å². The summed E-state index contributed by atoms with van der Waals surface area (Å²) in [5.41, 5.74) is 0. The van der Waals surface area contributed by atoms with Crippen molar-refractivity contribution in [1.29, 1.82) is 0 Å². The number of hydrogen-bond donors (Lipinski definition) is 1. The van der Waals surface area contributed by atoms with E-state index in [9.17, 15) is 12.8 Å². The highest BCUT2D eigenvalue weighted by Crippen LogP contribution is 2.12. The Hall–Kier alpha value is -0.200. The monoisotopic (exact) mass is 225 g/mol. The highest BCUT2D eigenvalue weighted by Gasteiger charge is 2.29. The molecule has 0 aromatic heterocycles. The van der Waals surface area contributed by atoms with Crippen LogP contribution in [0.4, 0.5) is 4.39 Å². The molecule has 1 saturated heterocycles. The fourth-order valence-corrected chi connectivity index (χ4v) is 2.84. The lowest BCUT2D eigenvalue weighted by Gasteiger charge is -2.33. The van der Waals surface area contributed by atoms with Crippen LogP contribution in [0.5, 0.6) is 0 Å². The van der Waals surface area contributed by atoms with E-state index in [1.807, 2.05) is 0 Å². The summed E-state index contributed by atoms with van der Waals surface area (Å²) in [6.45, 7) is 1.76. The van der Waals surface area contributed by atoms with Gasteiger partial charge in [0.15, 0.2) is 9.84 Å². The number of hydrogen-bond acceptors (Lipinski definition) is 4. The van der Waals surface area contributed by atoms with Crippen molar-refractivity contribution in [2.45, 2.75) is 19.1 Å². The zero-order valence-electron chi connectivity index (χ0n) is 8.19. The number of sulfone groups is 1. The minimum atomic E-state index is -2.93. The molecule has 0 bridgehead atoms. The zero-order chi connectivity index (χ0) is 10.8. The molecule has 0 radical (unpaired) electrons. The summed E-state index contributed by atoms with van der Waals surface area (Å²) in [5, 5.41) is 8.95. The molecule has 4 nitrogen and oxygen atoms in total. The summed E-state index contributed by atoms with van der Waals surface area (Å²) in [6, 6.07) is -0.564. The van der Waals surface area contributed by atoms with E-state index < -0.39 is 22.1 Å². The average molecular weight is 225 g/mol. The lowest BCUT2D eigenvalue weighted by Crippen LogP contribution is -2.50. The van der Waals surface area contributed by atoms with Gasteiger partial charge in [0.25, 0.3) is 0 Å². The van der Waals surface area contributed by atoms with Gasteiger partial charge in [-0.05, 0) is 6.92 Å². The van der Waals surface area contributed by atoms with Crippen molar-refractivity contribution in [3.63, 3.8) is 0 Å². The van der Waals surface area contributed by atoms with Crippen molar-refractivity contribution in [2.24, 2.45) is 0 Å². The summed E-state index contributed by atoms with van der Waals surface area (Å²) < 4.78 is 35.2. The summed E-state index contributed by atoms with van der Waals surface area (Å²) in [4.78, 5) is 1.70. The third kappa shape index (κ3) is 2.90. The molecule has 6 heteroatoms. The minimum absolute atomic E-state index is 0.0657. The maximum atomic E-state index is 13.0. The van der Waals surface area contributed by atoms with E-state index in [1.165, 1.54) is 6.92 Å². The number of aliphatic hydroxyl groups is 1. The Morgan fingerprint density at radius 2 is 1.93 bits per heavy atom. The molecule has 2 atom stereocenters. The van der Waals surface area contributed by atoms with Gasteiger partial charge >= 0.3 is 0 Å². The maximum absolute atomic E-state index is 13.0. The molecular formula is C8H16FNO3S. The van der Waals surface area contributed by atoms with Crippen molar-refractivity contribution >= 4 is 9.84 Å². The van der Waals surface area contributed by atoms with Gasteiger partial charge in [-0.25, -0.2) is 12.8 Å². The molecule has 1 N–H and O–H groups in total. The Kier molecular flexibility index (Phi) is 3.86. The molecule has 0 spiro atoms. The zero-order valence-corrected chi connectivity index (χ0v) is 9.00. The van der Waals surface area contributed by atoms with Crippen LogP contribution in [0, 0.1) is 0 Å². The van der Waals surface area contributed by atoms with Crippen LogP contribution in [0.15, 0.2) is 0 Å². The number of rotatable bonds is 3. The second-order valence-corrected chi connectivity index (χ2v) is 5.92. The molecule has 0 amide bonds. The topological polar surface area (TPSA) is 57.6 Å². The molecule has 1 rings (SSSR count). The molecule has 1 aliphatic rings. The van der Waals surface area contributed by atoms with E-state index in [0.29, 0.717) is 13.1 Å². The lowest BCUT2D eigenvalue weighted by atomic mass is 10.2. The van der Waals surface area contributed by atoms with E-state index in [2.05, 4.69) is 0 Å². The Balaban J connectivity index is 2.56. The second-order valence-electron chi connectivity index (χ2n) is 3.62. The first-order valence-corrected chi connectivity index (χ1v) is 6.48. The highest BCUT2D eigenvalue weighted by molar-refractivity contribution is 7.91. The van der Waals surface area contributed by atoms with Gasteiger partial charge in [-0.15, -0.1) is 0 Å². The Labute approximate surface area is 83.6 Å². The van der Waals surface area contributed by atoms with Crippen molar-refractivity contribution in [3.8, 4) is 0 Å². The van der Waals surface area contributed by atoms with E-state index >= 15 is 0 Å². The SMILES string of the molecule is CC(F)C(CO)N1CCS(=O)(=O)CC1. The number of aliphatic hydroxyl groups excluding tert-OH is 1. The Morgan fingerprint density at radius 1 is 1.43 bits per heavy atom. The highest BCUT2D eigenvalue weighted by atomic mass is 32.2. The predicted octanol–water partition coefficient (Wildman–Crippen LogP) is -0.564. The quantitative estimate of drug-likeness (QED) is 0.699. The Morgan fingerprint density at radius 3 is 2.29 bits per heavy atom. The van der Waals surface area contributed by atoms with Gasteiger partial charge in [0.05, 0.1) is 24.2 Å². The van der Waals surface area contributed by atoms with Gasteiger partial charge in [0, 0.05) is 13.1 Å². The largest absolute Gasteiger partial charge is 0.395 e. The van der Waals surface area contributed by atoms with E-state index in [1.54, 1.807) is 4.90 Å². The first-order chi connectivity index (χ1) is 6.46. The molecule has 0 aromatic rings. The van der Waals surface area contributed by atoms with E-state index in [-0.39, 0.29) is 18.1 Å². The van der Waals surface area contributed by atoms with Gasteiger partial charge in [-0.3, -0.25) is 4.90 Å². The minimum Gasteiger partial charge on any atom is -0.395 e. The molecular weight excluding hydrogens is 209 g/mol. The van der Waals surface area contributed by atoms with Crippen LogP contribution in [0.1, 0.15) is 6.92 Å². The first-order valence-electron chi connectivity index (χ1n) is 4.65. The van der Waals surface area contributed by atoms with Crippen molar-refractivity contribution in [1.82, 2.24) is 4.90 Å². The fraction of sp³-hybridized carbons (Fsp3) is 1.00. The summed E-state index contributed by atoms with van der Waals surface area (Å²) in [5.74, 6) is 0.131. The van der Waals surface area contributed by atoms with E-state index in [4.69, 9.17) is 5.11 Å². The van der Waals surface area contributed by atoms with Gasteiger partial charge in [0.1, 0.15) is 6.17 Å². The molecule has 0 aromatic carbocycles. The third-order valence-electron chi connectivity index (χ3n) is 2.57. The third-order valence-corrected chi connectivity index (χ3v) is 4.17. The van der Waals surface area contributed by atoms with Crippen LogP contribution < -0.4 is 0 Å². The second kappa shape index (κ2) is 4.55. The van der Waals surface area contributed by atoms with Crippen molar-refractivity contribution in [2.75, 3.05) is 31.2 Å². The molecule has 1 heterocycles. The van der Waals surface area contributed by atoms with Crippen LogP contribution >= 0.6 is 0 Å². The summed E-state index contributed by atoms with van der Waals surface area (Å²) in [7, 11) is -2.93.